The summed E-state index contributed by atoms with van der Waals surface area (Å²) in [5.74, 6) is 1.27. The average Bonchev–Trinajstić information content (AvgIpc) is 2.78. The Kier molecular flexibility index (Phi) is 3.00. The molecular weight excluding hydrogens is 224 g/mol. The smallest absolute Gasteiger partial charge is 0.0805 e. The van der Waals surface area contributed by atoms with Gasteiger partial charge in [0, 0.05) is 18.6 Å². The summed E-state index contributed by atoms with van der Waals surface area (Å²) in [6.07, 6.45) is 4.94. The van der Waals surface area contributed by atoms with Gasteiger partial charge in [-0.15, -0.1) is 0 Å². The van der Waals surface area contributed by atoms with Crippen molar-refractivity contribution in [1.82, 2.24) is 10.6 Å². The van der Waals surface area contributed by atoms with Crippen LogP contribution in [0.1, 0.15) is 46.5 Å². The molecule has 3 heteroatoms. The molecule has 2 bridgehead atoms. The molecule has 0 radical (unpaired) electrons. The Labute approximate surface area is 111 Å². The average molecular weight is 252 g/mol. The molecule has 3 nitrogen and oxygen atoms in total. The Morgan fingerprint density at radius 2 is 2.06 bits per heavy atom. The zero-order valence-corrected chi connectivity index (χ0v) is 12.0. The van der Waals surface area contributed by atoms with Crippen LogP contribution in [-0.4, -0.2) is 35.9 Å². The Morgan fingerprint density at radius 3 is 2.61 bits per heavy atom. The molecule has 18 heavy (non-hydrogen) atoms. The quantitative estimate of drug-likeness (QED) is 0.713. The van der Waals surface area contributed by atoms with Crippen molar-refractivity contribution in [2.75, 3.05) is 13.1 Å². The number of hydrogen-bond acceptors (Lipinski definition) is 3. The molecule has 5 atom stereocenters. The van der Waals surface area contributed by atoms with Crippen LogP contribution in [-0.2, 0) is 0 Å². The highest BCUT2D eigenvalue weighted by atomic mass is 16.3. The van der Waals surface area contributed by atoms with Gasteiger partial charge in [-0.1, -0.05) is 13.8 Å². The molecule has 0 aromatic rings. The summed E-state index contributed by atoms with van der Waals surface area (Å²) in [6.45, 7) is 8.88. The largest absolute Gasteiger partial charge is 0.388 e. The lowest BCUT2D eigenvalue weighted by atomic mass is 9.43. The standard InChI is InChI=1S/C15H28N2O/c1-14(2)10-7-12(14)15(3,18)13(8-10)17-9-11-5-4-6-16-11/h10-13,16-18H,4-9H2,1-3H3/t10-,11-,12-,13-,15-/m0/s1. The maximum Gasteiger partial charge on any atom is 0.0805 e. The first kappa shape index (κ1) is 12.9. The minimum atomic E-state index is -0.531. The minimum Gasteiger partial charge on any atom is -0.388 e. The van der Waals surface area contributed by atoms with E-state index in [2.05, 4.69) is 31.4 Å². The van der Waals surface area contributed by atoms with Gasteiger partial charge >= 0.3 is 0 Å². The zero-order valence-electron chi connectivity index (χ0n) is 12.0. The molecule has 4 aliphatic rings. The van der Waals surface area contributed by atoms with Crippen LogP contribution >= 0.6 is 0 Å². The van der Waals surface area contributed by atoms with Crippen LogP contribution in [0.5, 0.6) is 0 Å². The predicted octanol–water partition coefficient (Wildman–Crippen LogP) is 1.51. The van der Waals surface area contributed by atoms with E-state index < -0.39 is 5.60 Å². The van der Waals surface area contributed by atoms with Crippen LogP contribution in [0.2, 0.25) is 0 Å². The Balaban J connectivity index is 1.60. The van der Waals surface area contributed by atoms with E-state index in [0.29, 0.717) is 17.4 Å². The number of nitrogens with one attached hydrogen (secondary N) is 2. The molecular formula is C15H28N2O. The van der Waals surface area contributed by atoms with Gasteiger partial charge < -0.3 is 15.7 Å². The normalized spacial score (nSPS) is 50.0. The molecule has 1 aliphatic heterocycles. The van der Waals surface area contributed by atoms with E-state index in [1.165, 1.54) is 19.3 Å². The third-order valence-electron chi connectivity index (χ3n) is 6.17. The number of rotatable bonds is 3. The number of hydrogen-bond donors (Lipinski definition) is 3. The van der Waals surface area contributed by atoms with Crippen molar-refractivity contribution in [2.24, 2.45) is 17.3 Å². The van der Waals surface area contributed by atoms with Crippen molar-refractivity contribution >= 4 is 0 Å². The summed E-state index contributed by atoms with van der Waals surface area (Å²) < 4.78 is 0. The molecule has 4 rings (SSSR count). The first-order valence-corrected chi connectivity index (χ1v) is 7.61. The maximum absolute atomic E-state index is 10.9. The maximum atomic E-state index is 10.9. The van der Waals surface area contributed by atoms with Gasteiger partial charge in [-0.05, 0) is 56.4 Å². The summed E-state index contributed by atoms with van der Waals surface area (Å²) in [5.41, 5.74) is -0.190. The topological polar surface area (TPSA) is 44.3 Å². The lowest BCUT2D eigenvalue weighted by molar-refractivity contribution is -0.209. The molecule has 0 aromatic carbocycles. The third kappa shape index (κ3) is 1.83. The summed E-state index contributed by atoms with van der Waals surface area (Å²) >= 11 is 0. The third-order valence-corrected chi connectivity index (χ3v) is 6.17. The highest BCUT2D eigenvalue weighted by molar-refractivity contribution is 5.14. The summed E-state index contributed by atoms with van der Waals surface area (Å²) in [7, 11) is 0. The molecule has 104 valence electrons. The van der Waals surface area contributed by atoms with E-state index in [1.807, 2.05) is 0 Å². The zero-order chi connectivity index (χ0) is 13.0. The number of aliphatic hydroxyl groups is 1. The van der Waals surface area contributed by atoms with Crippen molar-refractivity contribution < 1.29 is 5.11 Å². The van der Waals surface area contributed by atoms with Gasteiger partial charge in [0.2, 0.25) is 0 Å². The van der Waals surface area contributed by atoms with E-state index >= 15 is 0 Å². The SMILES string of the molecule is CC1(C)[C@@H]2C[C@H](NC[C@@H]3CCCN3)[C@@](C)(O)[C@H]1C2. The molecule has 0 unspecified atom stereocenters. The predicted molar refractivity (Wildman–Crippen MR) is 73.4 cm³/mol. The van der Waals surface area contributed by atoms with Crippen molar-refractivity contribution in [3.05, 3.63) is 0 Å². The highest BCUT2D eigenvalue weighted by Crippen LogP contribution is 2.62. The summed E-state index contributed by atoms with van der Waals surface area (Å²) in [6, 6.07) is 0.906. The fourth-order valence-corrected chi connectivity index (χ4v) is 4.68. The van der Waals surface area contributed by atoms with E-state index in [0.717, 1.165) is 25.4 Å². The lowest BCUT2D eigenvalue weighted by Crippen LogP contribution is -2.70. The fourth-order valence-electron chi connectivity index (χ4n) is 4.68. The fraction of sp³-hybridized carbons (Fsp3) is 1.00. The lowest BCUT2D eigenvalue weighted by Gasteiger charge is -2.65. The number of fused-ring (bicyclic) bond motifs is 2. The Morgan fingerprint density at radius 1 is 1.28 bits per heavy atom. The molecule has 3 N–H and O–H groups in total. The monoisotopic (exact) mass is 252 g/mol. The highest BCUT2D eigenvalue weighted by Gasteiger charge is 2.62. The molecule has 3 aliphatic carbocycles. The van der Waals surface area contributed by atoms with Gasteiger partial charge in [-0.2, -0.15) is 0 Å². The molecule has 1 saturated heterocycles. The van der Waals surface area contributed by atoms with Crippen molar-refractivity contribution in [1.29, 1.82) is 0 Å². The van der Waals surface area contributed by atoms with Crippen LogP contribution in [0.15, 0.2) is 0 Å². The van der Waals surface area contributed by atoms with Crippen molar-refractivity contribution in [3.8, 4) is 0 Å². The van der Waals surface area contributed by atoms with Crippen LogP contribution in [0.25, 0.3) is 0 Å². The van der Waals surface area contributed by atoms with E-state index in [4.69, 9.17) is 0 Å². The molecule has 0 amide bonds. The second-order valence-electron chi connectivity index (χ2n) is 7.52. The van der Waals surface area contributed by atoms with Crippen LogP contribution < -0.4 is 10.6 Å². The van der Waals surface area contributed by atoms with E-state index in [9.17, 15) is 5.11 Å². The van der Waals surface area contributed by atoms with E-state index in [1.54, 1.807) is 0 Å². The summed E-state index contributed by atoms with van der Waals surface area (Å²) in [4.78, 5) is 0. The second kappa shape index (κ2) is 4.19. The van der Waals surface area contributed by atoms with Gasteiger partial charge in [0.25, 0.3) is 0 Å². The van der Waals surface area contributed by atoms with Crippen LogP contribution in [0, 0.1) is 17.3 Å². The van der Waals surface area contributed by atoms with Crippen molar-refractivity contribution in [2.45, 2.75) is 64.1 Å². The van der Waals surface area contributed by atoms with Gasteiger partial charge in [-0.3, -0.25) is 0 Å². The molecule has 4 fully saturated rings. The van der Waals surface area contributed by atoms with Crippen LogP contribution in [0.4, 0.5) is 0 Å². The molecule has 1 heterocycles. The molecule has 0 aromatic heterocycles. The molecule has 3 saturated carbocycles. The Bertz CT molecular complexity index is 320. The molecule has 0 spiro atoms. The summed E-state index contributed by atoms with van der Waals surface area (Å²) in [5, 5.41) is 18.0. The Hall–Kier alpha value is -0.120. The second-order valence-corrected chi connectivity index (χ2v) is 7.52. The van der Waals surface area contributed by atoms with Crippen LogP contribution in [0.3, 0.4) is 0 Å². The van der Waals surface area contributed by atoms with Gasteiger partial charge in [0.1, 0.15) is 0 Å². The van der Waals surface area contributed by atoms with E-state index in [-0.39, 0.29) is 6.04 Å². The van der Waals surface area contributed by atoms with Gasteiger partial charge in [-0.25, -0.2) is 0 Å². The minimum absolute atomic E-state index is 0.289. The van der Waals surface area contributed by atoms with Gasteiger partial charge in [0.15, 0.2) is 0 Å². The first-order valence-electron chi connectivity index (χ1n) is 7.61. The van der Waals surface area contributed by atoms with Crippen molar-refractivity contribution in [3.63, 3.8) is 0 Å². The van der Waals surface area contributed by atoms with Gasteiger partial charge in [0.05, 0.1) is 5.60 Å². The first-order chi connectivity index (χ1) is 8.42.